The highest BCUT2D eigenvalue weighted by molar-refractivity contribution is 5.94. The molecular formula is C18H19N5O2. The predicted molar refractivity (Wildman–Crippen MR) is 92.7 cm³/mol. The van der Waals surface area contributed by atoms with E-state index in [1.807, 2.05) is 31.2 Å². The van der Waals surface area contributed by atoms with Gasteiger partial charge in [-0.15, -0.1) is 0 Å². The number of hydrogen-bond acceptors (Lipinski definition) is 4. The molecule has 1 aliphatic heterocycles. The fraction of sp³-hybridized carbons (Fsp3) is 0.278. The van der Waals surface area contributed by atoms with Crippen molar-refractivity contribution in [1.82, 2.24) is 25.5 Å². The molecule has 1 aliphatic rings. The van der Waals surface area contributed by atoms with E-state index in [4.69, 9.17) is 4.74 Å². The maximum atomic E-state index is 12.4. The zero-order chi connectivity index (χ0) is 17.4. The lowest BCUT2D eigenvalue weighted by atomic mass is 9.94. The number of imidazole rings is 1. The van der Waals surface area contributed by atoms with Gasteiger partial charge in [0.25, 0.3) is 5.91 Å². The molecule has 3 aromatic rings. The summed E-state index contributed by atoms with van der Waals surface area (Å²) >= 11 is 0. The Morgan fingerprint density at radius 3 is 2.92 bits per heavy atom. The molecule has 0 saturated carbocycles. The second-order valence-corrected chi connectivity index (χ2v) is 6.24. The predicted octanol–water partition coefficient (Wildman–Crippen LogP) is 2.19. The molecule has 1 aromatic carbocycles. The number of rotatable bonds is 3. The van der Waals surface area contributed by atoms with Crippen LogP contribution in [0, 0.1) is 6.92 Å². The molecule has 4 rings (SSSR count). The number of ether oxygens (including phenoxy) is 1. The second-order valence-electron chi connectivity index (χ2n) is 6.24. The molecule has 2 aromatic heterocycles. The van der Waals surface area contributed by atoms with Gasteiger partial charge in [0.15, 0.2) is 5.82 Å². The fourth-order valence-electron chi connectivity index (χ4n) is 3.15. The highest BCUT2D eigenvalue weighted by Gasteiger charge is 2.27. The Morgan fingerprint density at radius 2 is 2.16 bits per heavy atom. The molecular weight excluding hydrogens is 318 g/mol. The summed E-state index contributed by atoms with van der Waals surface area (Å²) in [5.74, 6) is 1.41. The van der Waals surface area contributed by atoms with Crippen LogP contribution in [-0.4, -0.2) is 39.7 Å². The summed E-state index contributed by atoms with van der Waals surface area (Å²) in [6, 6.07) is 9.84. The molecule has 25 heavy (non-hydrogen) atoms. The molecule has 0 spiro atoms. The van der Waals surface area contributed by atoms with E-state index < -0.39 is 0 Å². The van der Waals surface area contributed by atoms with Gasteiger partial charge >= 0.3 is 0 Å². The lowest BCUT2D eigenvalue weighted by molar-refractivity contribution is 0.0950. The highest BCUT2D eigenvalue weighted by atomic mass is 16.5. The van der Waals surface area contributed by atoms with Crippen LogP contribution in [0.2, 0.25) is 0 Å². The van der Waals surface area contributed by atoms with Gasteiger partial charge in [-0.3, -0.25) is 9.89 Å². The largest absolute Gasteiger partial charge is 0.497 e. The number of methoxy groups -OCH3 is 1. The van der Waals surface area contributed by atoms with Crippen LogP contribution in [0.15, 0.2) is 30.3 Å². The number of carbonyl (C=O) groups is 1. The molecule has 128 valence electrons. The second kappa shape index (κ2) is 6.08. The molecule has 1 amide bonds. The standard InChI is InChI=1S/C18H19N5O2/c1-10-6-15(23-22-10)17-20-14-8-12(9-19-18(24)16(14)21-17)11-4-3-5-13(7-11)25-2/h3-7,12H,8-9H2,1-2H3,(H,19,24)(H,20,21)(H,22,23)/t12-/m0/s1. The average Bonchev–Trinajstić information content (AvgIpc) is 3.21. The van der Waals surface area contributed by atoms with Crippen LogP contribution in [0.25, 0.3) is 11.5 Å². The first-order chi connectivity index (χ1) is 12.1. The molecule has 0 saturated heterocycles. The van der Waals surface area contributed by atoms with Crippen molar-refractivity contribution < 1.29 is 9.53 Å². The summed E-state index contributed by atoms with van der Waals surface area (Å²) in [6.07, 6.45) is 0.692. The normalized spacial score (nSPS) is 16.9. The SMILES string of the molecule is COc1cccc([C@@H]2CNC(=O)c3nc(-c4cc(C)[nH]n4)[nH]c3C2)c1. The Bertz CT molecular complexity index is 927. The first-order valence-corrected chi connectivity index (χ1v) is 8.17. The zero-order valence-corrected chi connectivity index (χ0v) is 14.1. The fourth-order valence-corrected chi connectivity index (χ4v) is 3.15. The Hall–Kier alpha value is -3.09. The zero-order valence-electron chi connectivity index (χ0n) is 14.1. The number of H-pyrrole nitrogens is 2. The number of benzene rings is 1. The minimum absolute atomic E-state index is 0.148. The van der Waals surface area contributed by atoms with Crippen molar-refractivity contribution in [3.8, 4) is 17.3 Å². The van der Waals surface area contributed by atoms with E-state index in [-0.39, 0.29) is 11.8 Å². The monoisotopic (exact) mass is 337 g/mol. The van der Waals surface area contributed by atoms with Crippen molar-refractivity contribution >= 4 is 5.91 Å². The van der Waals surface area contributed by atoms with Gasteiger partial charge in [0, 0.05) is 23.9 Å². The lowest BCUT2D eigenvalue weighted by Gasteiger charge is -2.15. The van der Waals surface area contributed by atoms with Gasteiger partial charge in [-0.05, 0) is 37.1 Å². The van der Waals surface area contributed by atoms with Gasteiger partial charge in [0.2, 0.25) is 0 Å². The van der Waals surface area contributed by atoms with Crippen LogP contribution >= 0.6 is 0 Å². The molecule has 0 unspecified atom stereocenters. The summed E-state index contributed by atoms with van der Waals surface area (Å²) in [7, 11) is 1.65. The third-order valence-corrected chi connectivity index (χ3v) is 4.47. The minimum atomic E-state index is -0.157. The first-order valence-electron chi connectivity index (χ1n) is 8.17. The van der Waals surface area contributed by atoms with Gasteiger partial charge < -0.3 is 15.0 Å². The van der Waals surface area contributed by atoms with Crippen molar-refractivity contribution in [1.29, 1.82) is 0 Å². The number of aromatic amines is 2. The summed E-state index contributed by atoms with van der Waals surface area (Å²) in [6.45, 7) is 2.49. The molecule has 0 bridgehead atoms. The van der Waals surface area contributed by atoms with E-state index in [0.717, 1.165) is 22.7 Å². The van der Waals surface area contributed by atoms with Crippen molar-refractivity contribution in [2.75, 3.05) is 13.7 Å². The van der Waals surface area contributed by atoms with E-state index in [0.29, 0.717) is 30.2 Å². The highest BCUT2D eigenvalue weighted by Crippen LogP contribution is 2.28. The van der Waals surface area contributed by atoms with Crippen molar-refractivity contribution in [3.05, 3.63) is 53.0 Å². The lowest BCUT2D eigenvalue weighted by Crippen LogP contribution is -2.26. The van der Waals surface area contributed by atoms with E-state index in [9.17, 15) is 4.79 Å². The smallest absolute Gasteiger partial charge is 0.271 e. The van der Waals surface area contributed by atoms with Crippen LogP contribution in [-0.2, 0) is 6.42 Å². The Morgan fingerprint density at radius 1 is 1.28 bits per heavy atom. The van der Waals surface area contributed by atoms with E-state index >= 15 is 0 Å². The Labute approximate surface area is 144 Å². The van der Waals surface area contributed by atoms with E-state index in [1.165, 1.54) is 0 Å². The van der Waals surface area contributed by atoms with Crippen LogP contribution in [0.1, 0.15) is 33.4 Å². The maximum absolute atomic E-state index is 12.4. The van der Waals surface area contributed by atoms with Crippen LogP contribution in [0.5, 0.6) is 5.75 Å². The molecule has 3 heterocycles. The van der Waals surface area contributed by atoms with Gasteiger partial charge in [-0.2, -0.15) is 5.10 Å². The third kappa shape index (κ3) is 2.88. The van der Waals surface area contributed by atoms with E-state index in [1.54, 1.807) is 7.11 Å². The number of amides is 1. The van der Waals surface area contributed by atoms with Crippen LogP contribution in [0.4, 0.5) is 0 Å². The van der Waals surface area contributed by atoms with Crippen molar-refractivity contribution in [2.45, 2.75) is 19.3 Å². The van der Waals surface area contributed by atoms with Gasteiger partial charge in [0.05, 0.1) is 7.11 Å². The minimum Gasteiger partial charge on any atom is -0.497 e. The van der Waals surface area contributed by atoms with Gasteiger partial charge in [0.1, 0.15) is 17.1 Å². The average molecular weight is 337 g/mol. The Kier molecular flexibility index (Phi) is 3.76. The molecule has 0 fully saturated rings. The van der Waals surface area contributed by atoms with Crippen LogP contribution < -0.4 is 10.1 Å². The quantitative estimate of drug-likeness (QED) is 0.682. The molecule has 7 nitrogen and oxygen atoms in total. The van der Waals surface area contributed by atoms with Crippen molar-refractivity contribution in [3.63, 3.8) is 0 Å². The number of hydrogen-bond donors (Lipinski definition) is 3. The topological polar surface area (TPSA) is 95.7 Å². The Balaban J connectivity index is 1.68. The molecule has 1 atom stereocenters. The maximum Gasteiger partial charge on any atom is 0.271 e. The summed E-state index contributed by atoms with van der Waals surface area (Å²) in [4.78, 5) is 20.1. The number of nitrogens with zero attached hydrogens (tertiary/aromatic N) is 2. The van der Waals surface area contributed by atoms with E-state index in [2.05, 4.69) is 31.5 Å². The molecule has 0 radical (unpaired) electrons. The molecule has 3 N–H and O–H groups in total. The molecule has 7 heteroatoms. The number of aromatic nitrogens is 4. The summed E-state index contributed by atoms with van der Waals surface area (Å²) in [5.41, 5.74) is 4.05. The number of carbonyl (C=O) groups excluding carboxylic acids is 1. The number of nitrogens with one attached hydrogen (secondary N) is 3. The van der Waals surface area contributed by atoms with Crippen molar-refractivity contribution in [2.24, 2.45) is 0 Å². The summed E-state index contributed by atoms with van der Waals surface area (Å²) < 4.78 is 5.31. The molecule has 0 aliphatic carbocycles. The summed E-state index contributed by atoms with van der Waals surface area (Å²) in [5, 5.41) is 10.1. The number of fused-ring (bicyclic) bond motifs is 1. The van der Waals surface area contributed by atoms with Gasteiger partial charge in [-0.1, -0.05) is 12.1 Å². The number of aryl methyl sites for hydroxylation is 1. The first kappa shape index (κ1) is 15.4. The van der Waals surface area contributed by atoms with Crippen LogP contribution in [0.3, 0.4) is 0 Å². The third-order valence-electron chi connectivity index (χ3n) is 4.47. The van der Waals surface area contributed by atoms with Gasteiger partial charge in [-0.25, -0.2) is 4.98 Å².